The molecule has 6 rings (SSSR count). The van der Waals surface area contributed by atoms with Crippen LogP contribution in [0.5, 0.6) is 0 Å². The van der Waals surface area contributed by atoms with Crippen LogP contribution in [0.2, 0.25) is 5.02 Å². The third-order valence-corrected chi connectivity index (χ3v) is 8.39. The van der Waals surface area contributed by atoms with Crippen LogP contribution in [-0.4, -0.2) is 88.6 Å². The van der Waals surface area contributed by atoms with Gasteiger partial charge in [0.05, 0.1) is 5.52 Å². The number of carbonyl (C=O) groups excluding carboxylic acids is 1. The maximum atomic E-state index is 13.2. The van der Waals surface area contributed by atoms with Crippen molar-refractivity contribution in [2.75, 3.05) is 52.9 Å². The average Bonchev–Trinajstić information content (AvgIpc) is 3.58. The second kappa shape index (κ2) is 11.5. The Hall–Kier alpha value is -3.20. The Balaban J connectivity index is 1.13. The number of hydrogen-bond donors (Lipinski definition) is 1. The number of rotatable bonds is 7. The zero-order valence-electron chi connectivity index (χ0n) is 22.4. The highest BCUT2D eigenvalue weighted by Gasteiger charge is 2.26. The van der Waals surface area contributed by atoms with Crippen molar-refractivity contribution < 1.29 is 9.21 Å². The first-order valence-electron chi connectivity index (χ1n) is 13.9. The number of carbonyl (C=O) groups is 1. The van der Waals surface area contributed by atoms with E-state index in [1.807, 2.05) is 53.4 Å². The Morgan fingerprint density at radius 1 is 1.00 bits per heavy atom. The summed E-state index contributed by atoms with van der Waals surface area (Å²) in [6.45, 7) is 7.02. The number of fused-ring (bicyclic) bond motifs is 1. The average molecular weight is 547 g/mol. The van der Waals surface area contributed by atoms with Crippen molar-refractivity contribution in [3.63, 3.8) is 0 Å². The number of aryl methyl sites for hydroxylation is 1. The summed E-state index contributed by atoms with van der Waals surface area (Å²) in [6.07, 6.45) is 3.41. The lowest BCUT2D eigenvalue weighted by atomic mass is 9.96. The third-order valence-electron chi connectivity index (χ3n) is 8.13. The number of piperazine rings is 1. The second-order valence-corrected chi connectivity index (χ2v) is 11.3. The van der Waals surface area contributed by atoms with Gasteiger partial charge < -0.3 is 14.2 Å². The molecule has 0 saturated carbocycles. The SMILES string of the molecule is CN1CCC(CN2CCN(C(=O)CCc3oc(-c4n[nH]c5ccccc45)nc3-c3ccc(Cl)cc3)CC2)CC1. The van der Waals surface area contributed by atoms with Crippen molar-refractivity contribution in [3.8, 4) is 22.8 Å². The molecule has 8 nitrogen and oxygen atoms in total. The summed E-state index contributed by atoms with van der Waals surface area (Å²) in [6, 6.07) is 15.5. The predicted molar refractivity (Wildman–Crippen MR) is 154 cm³/mol. The summed E-state index contributed by atoms with van der Waals surface area (Å²) in [5, 5.41) is 9.12. The van der Waals surface area contributed by atoms with Crippen LogP contribution in [0.3, 0.4) is 0 Å². The highest BCUT2D eigenvalue weighted by Crippen LogP contribution is 2.33. The van der Waals surface area contributed by atoms with Crippen LogP contribution in [0.15, 0.2) is 52.9 Å². The first kappa shape index (κ1) is 26.0. The maximum absolute atomic E-state index is 13.2. The fourth-order valence-corrected chi connectivity index (χ4v) is 5.88. The lowest BCUT2D eigenvalue weighted by Crippen LogP contribution is -2.50. The molecule has 1 N–H and O–H groups in total. The molecule has 2 aromatic carbocycles. The summed E-state index contributed by atoms with van der Waals surface area (Å²) in [4.78, 5) is 25.0. The van der Waals surface area contributed by atoms with Crippen LogP contribution < -0.4 is 0 Å². The number of oxazole rings is 1. The fraction of sp³-hybridized carbons (Fsp3) is 0.433. The van der Waals surface area contributed by atoms with E-state index in [1.165, 1.54) is 25.9 Å². The molecule has 0 radical (unpaired) electrons. The fourth-order valence-electron chi connectivity index (χ4n) is 5.75. The molecule has 4 aromatic rings. The van der Waals surface area contributed by atoms with Gasteiger partial charge in [0, 0.05) is 61.5 Å². The van der Waals surface area contributed by atoms with Gasteiger partial charge in [-0.3, -0.25) is 14.8 Å². The molecule has 4 heterocycles. The smallest absolute Gasteiger partial charge is 0.248 e. The van der Waals surface area contributed by atoms with Crippen molar-refractivity contribution in [3.05, 3.63) is 59.3 Å². The summed E-state index contributed by atoms with van der Waals surface area (Å²) >= 11 is 6.14. The van der Waals surface area contributed by atoms with Crippen molar-refractivity contribution in [1.29, 1.82) is 0 Å². The number of nitrogens with zero attached hydrogens (tertiary/aromatic N) is 5. The van der Waals surface area contributed by atoms with E-state index in [0.717, 1.165) is 60.8 Å². The lowest BCUT2D eigenvalue weighted by Gasteiger charge is -2.38. The van der Waals surface area contributed by atoms with Gasteiger partial charge in [-0.15, -0.1) is 0 Å². The monoisotopic (exact) mass is 546 g/mol. The van der Waals surface area contributed by atoms with Crippen LogP contribution in [0.1, 0.15) is 25.0 Å². The Kier molecular flexibility index (Phi) is 7.68. The molecule has 2 saturated heterocycles. The molecule has 9 heteroatoms. The first-order valence-corrected chi connectivity index (χ1v) is 14.3. The maximum Gasteiger partial charge on any atom is 0.248 e. The van der Waals surface area contributed by atoms with E-state index in [9.17, 15) is 4.79 Å². The van der Waals surface area contributed by atoms with E-state index < -0.39 is 0 Å². The minimum atomic E-state index is 0.166. The van der Waals surface area contributed by atoms with Crippen LogP contribution in [0.4, 0.5) is 0 Å². The topological polar surface area (TPSA) is 81.5 Å². The van der Waals surface area contributed by atoms with Gasteiger partial charge in [-0.2, -0.15) is 5.10 Å². The van der Waals surface area contributed by atoms with E-state index >= 15 is 0 Å². The number of halogens is 1. The summed E-state index contributed by atoms with van der Waals surface area (Å²) in [5.74, 6) is 2.08. The van der Waals surface area contributed by atoms with Crippen molar-refractivity contribution in [2.24, 2.45) is 5.92 Å². The number of likely N-dealkylation sites (tertiary alicyclic amines) is 1. The molecule has 204 valence electrons. The molecule has 2 aliphatic heterocycles. The zero-order valence-corrected chi connectivity index (χ0v) is 23.2. The van der Waals surface area contributed by atoms with Crippen molar-refractivity contribution >= 4 is 28.4 Å². The standard InChI is InChI=1S/C30H35ClN6O2/c1-35-14-12-21(13-15-35)20-36-16-18-37(19-17-36)27(38)11-10-26-28(22-6-8-23(31)9-7-22)32-30(39-26)29-24-4-2-3-5-25(24)33-34-29/h2-9,21H,10-20H2,1H3,(H,33,34). The lowest BCUT2D eigenvalue weighted by molar-refractivity contribution is -0.133. The van der Waals surface area contributed by atoms with E-state index in [2.05, 4.69) is 27.0 Å². The number of aromatic amines is 1. The number of piperidine rings is 1. The van der Waals surface area contributed by atoms with Gasteiger partial charge in [0.2, 0.25) is 11.8 Å². The van der Waals surface area contributed by atoms with E-state index in [0.29, 0.717) is 35.2 Å². The minimum absolute atomic E-state index is 0.166. The van der Waals surface area contributed by atoms with Gasteiger partial charge in [0.15, 0.2) is 5.69 Å². The van der Waals surface area contributed by atoms with E-state index in [4.69, 9.17) is 21.0 Å². The van der Waals surface area contributed by atoms with E-state index in [-0.39, 0.29) is 5.91 Å². The quantitative estimate of drug-likeness (QED) is 0.353. The van der Waals surface area contributed by atoms with Gasteiger partial charge in [0.1, 0.15) is 11.5 Å². The van der Waals surface area contributed by atoms with Gasteiger partial charge in [0.25, 0.3) is 0 Å². The second-order valence-electron chi connectivity index (χ2n) is 10.8. The molecular formula is C30H35ClN6O2. The molecule has 2 aromatic heterocycles. The Bertz CT molecular complexity index is 1420. The Morgan fingerprint density at radius 3 is 2.51 bits per heavy atom. The van der Waals surface area contributed by atoms with Gasteiger partial charge >= 0.3 is 0 Å². The number of para-hydroxylation sites is 1. The molecule has 39 heavy (non-hydrogen) atoms. The minimum Gasteiger partial charge on any atom is -0.439 e. The first-order chi connectivity index (χ1) is 19.0. The molecule has 0 aliphatic carbocycles. The van der Waals surface area contributed by atoms with Crippen LogP contribution in [-0.2, 0) is 11.2 Å². The largest absolute Gasteiger partial charge is 0.439 e. The van der Waals surface area contributed by atoms with Gasteiger partial charge in [-0.1, -0.05) is 41.9 Å². The molecule has 0 bridgehead atoms. The van der Waals surface area contributed by atoms with Crippen LogP contribution in [0.25, 0.3) is 33.7 Å². The molecular weight excluding hydrogens is 512 g/mol. The normalized spacial score (nSPS) is 17.7. The summed E-state index contributed by atoms with van der Waals surface area (Å²) in [7, 11) is 2.21. The zero-order chi connectivity index (χ0) is 26.8. The Labute approximate surface area is 233 Å². The molecule has 2 aliphatic rings. The summed E-state index contributed by atoms with van der Waals surface area (Å²) < 4.78 is 6.29. The van der Waals surface area contributed by atoms with Gasteiger partial charge in [-0.05, 0) is 57.1 Å². The summed E-state index contributed by atoms with van der Waals surface area (Å²) in [5.41, 5.74) is 3.22. The van der Waals surface area contributed by atoms with Gasteiger partial charge in [-0.25, -0.2) is 4.98 Å². The van der Waals surface area contributed by atoms with Crippen LogP contribution >= 0.6 is 11.6 Å². The predicted octanol–water partition coefficient (Wildman–Crippen LogP) is 4.96. The van der Waals surface area contributed by atoms with Crippen LogP contribution in [0, 0.1) is 5.92 Å². The van der Waals surface area contributed by atoms with E-state index in [1.54, 1.807) is 0 Å². The molecule has 0 unspecified atom stereocenters. The number of hydrogen-bond acceptors (Lipinski definition) is 6. The number of aromatic nitrogens is 3. The molecule has 0 spiro atoms. The number of H-pyrrole nitrogens is 1. The number of amides is 1. The van der Waals surface area contributed by atoms with Crippen molar-refractivity contribution in [1.82, 2.24) is 29.9 Å². The third kappa shape index (κ3) is 5.88. The highest BCUT2D eigenvalue weighted by molar-refractivity contribution is 6.30. The Morgan fingerprint density at radius 2 is 1.74 bits per heavy atom. The number of benzene rings is 2. The molecule has 1 amide bonds. The van der Waals surface area contributed by atoms with Crippen molar-refractivity contribution in [2.45, 2.75) is 25.7 Å². The molecule has 0 atom stereocenters. The molecule has 2 fully saturated rings. The number of nitrogens with one attached hydrogen (secondary N) is 1. The highest BCUT2D eigenvalue weighted by atomic mass is 35.5.